The van der Waals surface area contributed by atoms with Gasteiger partial charge in [0.2, 0.25) is 0 Å². The Labute approximate surface area is 86.0 Å². The van der Waals surface area contributed by atoms with Crippen LogP contribution >= 0.6 is 0 Å². The van der Waals surface area contributed by atoms with E-state index in [4.69, 9.17) is 0 Å². The van der Waals surface area contributed by atoms with E-state index in [9.17, 15) is 5.11 Å². The predicted molar refractivity (Wildman–Crippen MR) is 59.7 cm³/mol. The van der Waals surface area contributed by atoms with E-state index in [0.29, 0.717) is 5.75 Å². The number of benzene rings is 1. The molecule has 0 aliphatic carbocycles. The number of hydrogen-bond donors (Lipinski definition) is 2. The Morgan fingerprint density at radius 3 is 2.64 bits per heavy atom. The molecular formula is C12H19NO. The molecule has 0 spiro atoms. The van der Waals surface area contributed by atoms with Crippen molar-refractivity contribution in [1.29, 1.82) is 0 Å². The van der Waals surface area contributed by atoms with E-state index < -0.39 is 0 Å². The molecule has 0 aliphatic rings. The van der Waals surface area contributed by atoms with Crippen LogP contribution in [0, 0.1) is 0 Å². The van der Waals surface area contributed by atoms with Crippen LogP contribution in [0.3, 0.4) is 0 Å². The van der Waals surface area contributed by atoms with Crippen LogP contribution in [0.15, 0.2) is 18.2 Å². The van der Waals surface area contributed by atoms with Crippen molar-refractivity contribution >= 4 is 0 Å². The molecule has 0 bridgehead atoms. The van der Waals surface area contributed by atoms with Crippen molar-refractivity contribution in [2.45, 2.75) is 26.2 Å². The summed E-state index contributed by atoms with van der Waals surface area (Å²) in [6.45, 7) is 3.15. The van der Waals surface area contributed by atoms with Crippen LogP contribution in [-0.2, 0) is 12.8 Å². The van der Waals surface area contributed by atoms with Gasteiger partial charge in [0.25, 0.3) is 0 Å². The van der Waals surface area contributed by atoms with Gasteiger partial charge in [-0.25, -0.2) is 0 Å². The van der Waals surface area contributed by atoms with Gasteiger partial charge in [-0.3, -0.25) is 0 Å². The van der Waals surface area contributed by atoms with Crippen molar-refractivity contribution < 1.29 is 5.11 Å². The monoisotopic (exact) mass is 193 g/mol. The lowest BCUT2D eigenvalue weighted by atomic mass is 10.0. The van der Waals surface area contributed by atoms with Gasteiger partial charge in [-0.05, 0) is 49.7 Å². The van der Waals surface area contributed by atoms with E-state index >= 15 is 0 Å². The maximum Gasteiger partial charge on any atom is 0.115 e. The number of aryl methyl sites for hydroxylation is 1. The van der Waals surface area contributed by atoms with Gasteiger partial charge in [0.1, 0.15) is 5.75 Å². The van der Waals surface area contributed by atoms with Crippen LogP contribution in [0.2, 0.25) is 0 Å². The minimum atomic E-state index is 0.377. The van der Waals surface area contributed by atoms with Crippen LogP contribution in [0.4, 0.5) is 0 Å². The summed E-state index contributed by atoms with van der Waals surface area (Å²) in [6.07, 6.45) is 3.20. The number of aromatic hydroxyl groups is 1. The lowest BCUT2D eigenvalue weighted by Gasteiger charge is -2.08. The van der Waals surface area contributed by atoms with Gasteiger partial charge in [-0.1, -0.05) is 19.4 Å². The Kier molecular flexibility index (Phi) is 4.47. The largest absolute Gasteiger partial charge is 0.508 e. The lowest BCUT2D eigenvalue weighted by Crippen LogP contribution is -2.11. The summed E-state index contributed by atoms with van der Waals surface area (Å²) in [5.41, 5.74) is 2.63. The highest BCUT2D eigenvalue weighted by atomic mass is 16.3. The Hall–Kier alpha value is -1.02. The molecule has 78 valence electrons. The molecule has 0 aliphatic heterocycles. The summed E-state index contributed by atoms with van der Waals surface area (Å²) in [6, 6.07) is 5.68. The first-order valence-electron chi connectivity index (χ1n) is 5.23. The van der Waals surface area contributed by atoms with Crippen molar-refractivity contribution in [1.82, 2.24) is 5.32 Å². The van der Waals surface area contributed by atoms with Crippen LogP contribution in [-0.4, -0.2) is 18.7 Å². The Bertz CT molecular complexity index is 284. The van der Waals surface area contributed by atoms with Crippen LogP contribution < -0.4 is 5.32 Å². The van der Waals surface area contributed by atoms with Crippen LogP contribution in [0.1, 0.15) is 24.5 Å². The molecule has 1 aromatic rings. The number of phenols is 1. The molecular weight excluding hydrogens is 174 g/mol. The first-order chi connectivity index (χ1) is 6.77. The number of nitrogens with one attached hydrogen (secondary N) is 1. The molecule has 2 N–H and O–H groups in total. The molecule has 0 aromatic heterocycles. The highest BCUT2D eigenvalue weighted by molar-refractivity contribution is 5.35. The van der Waals surface area contributed by atoms with E-state index in [1.54, 1.807) is 6.07 Å². The minimum absolute atomic E-state index is 0.377. The molecule has 2 heteroatoms. The fourth-order valence-corrected chi connectivity index (χ4v) is 1.62. The van der Waals surface area contributed by atoms with Gasteiger partial charge in [-0.15, -0.1) is 0 Å². The van der Waals surface area contributed by atoms with Crippen molar-refractivity contribution in [3.05, 3.63) is 29.3 Å². The molecule has 14 heavy (non-hydrogen) atoms. The molecule has 2 nitrogen and oxygen atoms in total. The van der Waals surface area contributed by atoms with Crippen molar-refractivity contribution in [3.63, 3.8) is 0 Å². The van der Waals surface area contributed by atoms with Crippen molar-refractivity contribution in [3.8, 4) is 5.75 Å². The first kappa shape index (κ1) is 11.1. The number of hydrogen-bond acceptors (Lipinski definition) is 2. The third kappa shape index (κ3) is 3.04. The van der Waals surface area contributed by atoms with E-state index in [1.807, 2.05) is 19.2 Å². The van der Waals surface area contributed by atoms with Gasteiger partial charge < -0.3 is 10.4 Å². The van der Waals surface area contributed by atoms with Gasteiger partial charge in [0.05, 0.1) is 0 Å². The first-order valence-corrected chi connectivity index (χ1v) is 5.23. The quantitative estimate of drug-likeness (QED) is 0.750. The maximum absolute atomic E-state index is 9.37. The van der Waals surface area contributed by atoms with E-state index in [0.717, 1.165) is 25.8 Å². The van der Waals surface area contributed by atoms with Crippen LogP contribution in [0.5, 0.6) is 5.75 Å². The average molecular weight is 193 g/mol. The zero-order chi connectivity index (χ0) is 10.4. The molecule has 0 radical (unpaired) electrons. The number of rotatable bonds is 5. The molecule has 0 saturated heterocycles. The Morgan fingerprint density at radius 2 is 2.00 bits per heavy atom. The second-order valence-electron chi connectivity index (χ2n) is 3.56. The smallest absolute Gasteiger partial charge is 0.115 e. The van der Waals surface area contributed by atoms with E-state index in [-0.39, 0.29) is 0 Å². The minimum Gasteiger partial charge on any atom is -0.508 e. The second-order valence-corrected chi connectivity index (χ2v) is 3.56. The molecule has 0 heterocycles. The third-order valence-electron chi connectivity index (χ3n) is 2.35. The Balaban J connectivity index is 2.78. The van der Waals surface area contributed by atoms with Gasteiger partial charge in [0.15, 0.2) is 0 Å². The van der Waals surface area contributed by atoms with E-state index in [1.165, 1.54) is 11.1 Å². The summed E-state index contributed by atoms with van der Waals surface area (Å²) in [4.78, 5) is 0. The fourth-order valence-electron chi connectivity index (χ4n) is 1.62. The van der Waals surface area contributed by atoms with Crippen molar-refractivity contribution in [2.24, 2.45) is 0 Å². The summed E-state index contributed by atoms with van der Waals surface area (Å²) in [7, 11) is 1.96. The lowest BCUT2D eigenvalue weighted by molar-refractivity contribution is 0.474. The van der Waals surface area contributed by atoms with Gasteiger partial charge >= 0.3 is 0 Å². The summed E-state index contributed by atoms with van der Waals surface area (Å²) in [5, 5.41) is 12.5. The summed E-state index contributed by atoms with van der Waals surface area (Å²) >= 11 is 0. The Morgan fingerprint density at radius 1 is 1.21 bits per heavy atom. The van der Waals surface area contributed by atoms with Crippen molar-refractivity contribution in [2.75, 3.05) is 13.6 Å². The summed E-state index contributed by atoms with van der Waals surface area (Å²) < 4.78 is 0. The SMILES string of the molecule is CCCc1cc(O)ccc1CCNC. The number of phenolic OH excluding ortho intramolecular Hbond substituents is 1. The summed E-state index contributed by atoms with van der Waals surface area (Å²) in [5.74, 6) is 0.377. The highest BCUT2D eigenvalue weighted by Gasteiger charge is 2.02. The standard InChI is InChI=1S/C12H19NO/c1-3-4-11-9-12(14)6-5-10(11)7-8-13-2/h5-6,9,13-14H,3-4,7-8H2,1-2H3. The van der Waals surface area contributed by atoms with Gasteiger partial charge in [0, 0.05) is 0 Å². The molecule has 0 atom stereocenters. The maximum atomic E-state index is 9.37. The van der Waals surface area contributed by atoms with Crippen LogP contribution in [0.25, 0.3) is 0 Å². The van der Waals surface area contributed by atoms with E-state index in [2.05, 4.69) is 12.2 Å². The zero-order valence-electron chi connectivity index (χ0n) is 9.01. The zero-order valence-corrected chi connectivity index (χ0v) is 9.01. The normalized spacial score (nSPS) is 10.4. The average Bonchev–Trinajstić information content (AvgIpc) is 2.17. The fraction of sp³-hybridized carbons (Fsp3) is 0.500. The molecule has 1 rings (SSSR count). The van der Waals surface area contributed by atoms with Gasteiger partial charge in [-0.2, -0.15) is 0 Å². The molecule has 0 saturated carbocycles. The molecule has 1 aromatic carbocycles. The highest BCUT2D eigenvalue weighted by Crippen LogP contribution is 2.18. The topological polar surface area (TPSA) is 32.3 Å². The third-order valence-corrected chi connectivity index (χ3v) is 2.35. The molecule has 0 fully saturated rings. The predicted octanol–water partition coefficient (Wildman–Crippen LogP) is 2.11. The molecule has 0 amide bonds. The number of likely N-dealkylation sites (N-methyl/N-ethyl adjacent to an activating group) is 1. The second kappa shape index (κ2) is 5.66. The molecule has 0 unspecified atom stereocenters.